The number of nitrogens with one attached hydrogen (secondary N) is 2. The molecule has 4 heteroatoms. The van der Waals surface area contributed by atoms with Crippen LogP contribution in [0.2, 0.25) is 0 Å². The Hall–Kier alpha value is -4.18. The molecule has 0 aliphatic rings. The van der Waals surface area contributed by atoms with Crippen molar-refractivity contribution >= 4 is 22.7 Å². The van der Waals surface area contributed by atoms with Crippen molar-refractivity contribution in [3.63, 3.8) is 0 Å². The zero-order valence-corrected chi connectivity index (χ0v) is 16.2. The molecule has 0 aliphatic heterocycles. The molecule has 0 amide bonds. The zero-order valence-electron chi connectivity index (χ0n) is 16.2. The molecule has 0 spiro atoms. The summed E-state index contributed by atoms with van der Waals surface area (Å²) in [5.41, 5.74) is 5.77. The number of furan rings is 2. The van der Waals surface area contributed by atoms with Crippen LogP contribution in [-0.4, -0.2) is 0 Å². The van der Waals surface area contributed by atoms with Gasteiger partial charge in [0.05, 0.1) is 23.9 Å². The van der Waals surface area contributed by atoms with Crippen molar-refractivity contribution < 1.29 is 8.83 Å². The second-order valence-corrected chi connectivity index (χ2v) is 6.88. The van der Waals surface area contributed by atoms with Gasteiger partial charge in [0, 0.05) is 22.5 Å². The minimum atomic E-state index is 0.788. The number of para-hydroxylation sites is 2. The molecular weight excluding hydrogens is 372 g/mol. The predicted octanol–water partition coefficient (Wildman–Crippen LogP) is 7.69. The molecule has 0 atom stereocenters. The molecule has 5 rings (SSSR count). The van der Waals surface area contributed by atoms with E-state index < -0.39 is 0 Å². The fourth-order valence-corrected chi connectivity index (χ4v) is 3.43. The lowest BCUT2D eigenvalue weighted by Crippen LogP contribution is -1.98. The summed E-state index contributed by atoms with van der Waals surface area (Å²) in [6.45, 7) is 0. The fraction of sp³-hybridized carbons (Fsp3) is 0. The number of benzene rings is 3. The lowest BCUT2D eigenvalue weighted by molar-refractivity contribution is 0.581. The van der Waals surface area contributed by atoms with Gasteiger partial charge in [0.1, 0.15) is 11.5 Å². The van der Waals surface area contributed by atoms with Crippen LogP contribution < -0.4 is 10.6 Å². The standard InChI is InChI=1S/C26H20N2O2/c1-3-9-19(10-4-1)27-23-17-22(26-14-8-16-30-26)24(28-20-11-5-2-6-12-20)18-21(23)25-13-7-15-29-25/h1-18,27-28H. The number of hydrogen-bond acceptors (Lipinski definition) is 4. The number of hydrogen-bond donors (Lipinski definition) is 2. The maximum atomic E-state index is 5.74. The van der Waals surface area contributed by atoms with Crippen LogP contribution in [0.4, 0.5) is 22.7 Å². The normalized spacial score (nSPS) is 10.7. The molecule has 0 saturated carbocycles. The molecule has 4 nitrogen and oxygen atoms in total. The molecule has 0 aliphatic carbocycles. The Bertz CT molecular complexity index is 1110. The van der Waals surface area contributed by atoms with Gasteiger partial charge in [-0.2, -0.15) is 0 Å². The molecule has 2 N–H and O–H groups in total. The van der Waals surface area contributed by atoms with E-state index in [-0.39, 0.29) is 0 Å². The van der Waals surface area contributed by atoms with Crippen LogP contribution in [0.5, 0.6) is 0 Å². The van der Waals surface area contributed by atoms with Crippen LogP contribution in [0.1, 0.15) is 0 Å². The van der Waals surface area contributed by atoms with Gasteiger partial charge in [0.2, 0.25) is 0 Å². The SMILES string of the molecule is c1ccc(Nc2cc(-c3ccco3)c(Nc3ccccc3)cc2-c2ccco2)cc1. The van der Waals surface area contributed by atoms with Crippen molar-refractivity contribution in [1.29, 1.82) is 0 Å². The molecule has 30 heavy (non-hydrogen) atoms. The van der Waals surface area contributed by atoms with Gasteiger partial charge in [-0.3, -0.25) is 0 Å². The van der Waals surface area contributed by atoms with Gasteiger partial charge >= 0.3 is 0 Å². The molecule has 3 aromatic carbocycles. The molecule has 5 aromatic rings. The van der Waals surface area contributed by atoms with Crippen LogP contribution in [0.15, 0.2) is 118 Å². The highest BCUT2D eigenvalue weighted by Gasteiger charge is 2.17. The molecule has 0 saturated heterocycles. The highest BCUT2D eigenvalue weighted by molar-refractivity contribution is 5.91. The summed E-state index contributed by atoms with van der Waals surface area (Å²) >= 11 is 0. The monoisotopic (exact) mass is 392 g/mol. The van der Waals surface area contributed by atoms with Gasteiger partial charge in [0.15, 0.2) is 0 Å². The molecule has 0 bridgehead atoms. The molecule has 146 valence electrons. The van der Waals surface area contributed by atoms with Gasteiger partial charge in [-0.25, -0.2) is 0 Å². The summed E-state index contributed by atoms with van der Waals surface area (Å²) in [6.07, 6.45) is 3.37. The van der Waals surface area contributed by atoms with Crippen molar-refractivity contribution in [3.8, 4) is 22.6 Å². The van der Waals surface area contributed by atoms with E-state index in [0.29, 0.717) is 0 Å². The minimum Gasteiger partial charge on any atom is -0.464 e. The molecule has 0 fully saturated rings. The third-order valence-electron chi connectivity index (χ3n) is 4.84. The Morgan fingerprint density at radius 2 is 0.900 bits per heavy atom. The quantitative estimate of drug-likeness (QED) is 0.311. The maximum absolute atomic E-state index is 5.74. The van der Waals surface area contributed by atoms with Gasteiger partial charge < -0.3 is 19.5 Å². The minimum absolute atomic E-state index is 0.788. The lowest BCUT2D eigenvalue weighted by atomic mass is 10.0. The van der Waals surface area contributed by atoms with Gasteiger partial charge in [-0.1, -0.05) is 36.4 Å². The highest BCUT2D eigenvalue weighted by atomic mass is 16.3. The predicted molar refractivity (Wildman–Crippen MR) is 121 cm³/mol. The highest BCUT2D eigenvalue weighted by Crippen LogP contribution is 2.41. The Labute approximate surface area is 174 Å². The maximum Gasteiger partial charge on any atom is 0.136 e. The van der Waals surface area contributed by atoms with E-state index in [1.54, 1.807) is 12.5 Å². The summed E-state index contributed by atoms with van der Waals surface area (Å²) in [7, 11) is 0. The molecular formula is C26H20N2O2. The Morgan fingerprint density at radius 1 is 0.467 bits per heavy atom. The number of rotatable bonds is 6. The van der Waals surface area contributed by atoms with E-state index in [1.165, 1.54) is 0 Å². The molecule has 0 unspecified atom stereocenters. The van der Waals surface area contributed by atoms with Gasteiger partial charge in [-0.05, 0) is 60.7 Å². The summed E-state index contributed by atoms with van der Waals surface area (Å²) in [5.74, 6) is 1.58. The first-order chi connectivity index (χ1) is 14.9. The van der Waals surface area contributed by atoms with Crippen molar-refractivity contribution in [2.45, 2.75) is 0 Å². The average Bonchev–Trinajstić information content (AvgIpc) is 3.51. The Morgan fingerprint density at radius 3 is 1.27 bits per heavy atom. The molecule has 2 aromatic heterocycles. The average molecular weight is 392 g/mol. The second kappa shape index (κ2) is 8.05. The van der Waals surface area contributed by atoms with Crippen molar-refractivity contribution in [2.24, 2.45) is 0 Å². The first kappa shape index (κ1) is 17.9. The van der Waals surface area contributed by atoms with E-state index >= 15 is 0 Å². The molecule has 0 radical (unpaired) electrons. The van der Waals surface area contributed by atoms with E-state index in [9.17, 15) is 0 Å². The van der Waals surface area contributed by atoms with Crippen molar-refractivity contribution in [1.82, 2.24) is 0 Å². The van der Waals surface area contributed by atoms with E-state index in [4.69, 9.17) is 8.83 Å². The summed E-state index contributed by atoms with van der Waals surface area (Å²) in [4.78, 5) is 0. The number of anilines is 4. The lowest BCUT2D eigenvalue weighted by Gasteiger charge is -2.17. The van der Waals surface area contributed by atoms with Gasteiger partial charge in [0.25, 0.3) is 0 Å². The fourth-order valence-electron chi connectivity index (χ4n) is 3.43. The molecule has 2 heterocycles. The third-order valence-corrected chi connectivity index (χ3v) is 4.84. The van der Waals surface area contributed by atoms with E-state index in [0.717, 1.165) is 45.4 Å². The van der Waals surface area contributed by atoms with Crippen LogP contribution in [0, 0.1) is 0 Å². The van der Waals surface area contributed by atoms with Crippen LogP contribution in [0.3, 0.4) is 0 Å². The smallest absolute Gasteiger partial charge is 0.136 e. The van der Waals surface area contributed by atoms with Crippen LogP contribution in [0.25, 0.3) is 22.6 Å². The Balaban J connectivity index is 1.67. The van der Waals surface area contributed by atoms with Crippen LogP contribution in [-0.2, 0) is 0 Å². The van der Waals surface area contributed by atoms with E-state index in [1.807, 2.05) is 84.9 Å². The second-order valence-electron chi connectivity index (χ2n) is 6.88. The third kappa shape index (κ3) is 3.71. The Kier molecular flexibility index (Phi) is 4.80. The first-order valence-corrected chi connectivity index (χ1v) is 9.77. The van der Waals surface area contributed by atoms with E-state index in [2.05, 4.69) is 22.8 Å². The summed E-state index contributed by atoms with van der Waals surface area (Å²) < 4.78 is 11.5. The summed E-state index contributed by atoms with van der Waals surface area (Å²) in [6, 6.07) is 32.1. The van der Waals surface area contributed by atoms with Crippen LogP contribution >= 0.6 is 0 Å². The zero-order chi connectivity index (χ0) is 20.2. The first-order valence-electron chi connectivity index (χ1n) is 9.77. The summed E-state index contributed by atoms with van der Waals surface area (Å²) in [5, 5.41) is 7.05. The topological polar surface area (TPSA) is 50.3 Å². The van der Waals surface area contributed by atoms with Crippen molar-refractivity contribution in [2.75, 3.05) is 10.6 Å². The van der Waals surface area contributed by atoms with Gasteiger partial charge in [-0.15, -0.1) is 0 Å². The largest absolute Gasteiger partial charge is 0.464 e. The van der Waals surface area contributed by atoms with Crippen molar-refractivity contribution in [3.05, 3.63) is 110 Å².